The van der Waals surface area contributed by atoms with Crippen molar-refractivity contribution in [2.75, 3.05) is 6.54 Å². The molecule has 1 saturated heterocycles. The number of rotatable bonds is 6. The van der Waals surface area contributed by atoms with Crippen molar-refractivity contribution in [1.82, 2.24) is 30.2 Å². The van der Waals surface area contributed by atoms with Crippen molar-refractivity contribution in [3.63, 3.8) is 0 Å². The molecular formula is C31H34F4N6O8S. The maximum Gasteiger partial charge on any atom is 0.438 e. The average Bonchev–Trinajstić information content (AvgIpc) is 3.95. The number of benzene rings is 1. The van der Waals surface area contributed by atoms with E-state index in [9.17, 15) is 50.3 Å². The number of halogens is 4. The van der Waals surface area contributed by atoms with Crippen LogP contribution in [0, 0.1) is 11.7 Å². The van der Waals surface area contributed by atoms with Crippen LogP contribution < -0.4 is 20.1 Å². The number of carbonyl (C=O) groups excluding carboxylic acids is 3. The number of ether oxygens (including phenoxy) is 1. The van der Waals surface area contributed by atoms with Gasteiger partial charge in [-0.15, -0.1) is 0 Å². The molecular weight excluding hydrogens is 692 g/mol. The maximum absolute atomic E-state index is 14.1. The number of hydrogen-bond donors (Lipinski definition) is 4. The number of carbonyl (C=O) groups is 4. The number of carboxylic acid groups (broad SMARTS) is 1. The first kappa shape index (κ1) is 35.3. The van der Waals surface area contributed by atoms with Gasteiger partial charge in [-0.25, -0.2) is 27.6 Å². The lowest BCUT2D eigenvalue weighted by Crippen LogP contribution is -2.58. The zero-order chi connectivity index (χ0) is 36.0. The van der Waals surface area contributed by atoms with Crippen LogP contribution in [0.2, 0.25) is 0 Å². The first-order chi connectivity index (χ1) is 23.6. The number of allylic oxidation sites excluding steroid dienone is 1. The molecule has 3 fully saturated rings. The smallest absolute Gasteiger partial charge is 0.438 e. The molecule has 1 aromatic heterocycles. The van der Waals surface area contributed by atoms with E-state index in [0.29, 0.717) is 38.5 Å². The van der Waals surface area contributed by atoms with Crippen LogP contribution in [-0.4, -0.2) is 87.7 Å². The van der Waals surface area contributed by atoms with Crippen molar-refractivity contribution < 1.29 is 55.0 Å². The lowest BCUT2D eigenvalue weighted by Gasteiger charge is -2.29. The molecule has 1 aromatic carbocycles. The second-order valence-electron chi connectivity index (χ2n) is 13.0. The Morgan fingerprint density at radius 2 is 1.84 bits per heavy atom. The van der Waals surface area contributed by atoms with Crippen LogP contribution in [0.15, 0.2) is 30.4 Å². The number of aromatic nitrogens is 2. The fourth-order valence-corrected chi connectivity index (χ4v) is 7.80. The van der Waals surface area contributed by atoms with Crippen molar-refractivity contribution in [3.8, 4) is 5.88 Å². The largest absolute Gasteiger partial charge is 0.471 e. The molecule has 19 heteroatoms. The van der Waals surface area contributed by atoms with Crippen molar-refractivity contribution in [2.45, 2.75) is 92.9 Å². The Labute approximate surface area is 283 Å². The quantitative estimate of drug-likeness (QED) is 0.254. The molecule has 2 aliphatic carbocycles. The van der Waals surface area contributed by atoms with Gasteiger partial charge in [-0.2, -0.15) is 13.2 Å². The molecule has 14 nitrogen and oxygen atoms in total. The van der Waals surface area contributed by atoms with Gasteiger partial charge in [0.25, 0.3) is 5.91 Å². The topological polar surface area (TPSA) is 197 Å². The number of hydrogen-bond acceptors (Lipinski definition) is 9. The molecule has 5 atom stereocenters. The highest BCUT2D eigenvalue weighted by Gasteiger charge is 2.62. The Morgan fingerprint density at radius 3 is 2.54 bits per heavy atom. The van der Waals surface area contributed by atoms with Gasteiger partial charge in [0, 0.05) is 18.4 Å². The molecule has 6 rings (SSSR count). The highest BCUT2D eigenvalue weighted by Crippen LogP contribution is 2.46. The summed E-state index contributed by atoms with van der Waals surface area (Å²) < 4.78 is 89.2. The van der Waals surface area contributed by atoms with Crippen molar-refractivity contribution in [3.05, 3.63) is 41.9 Å². The summed E-state index contributed by atoms with van der Waals surface area (Å²) in [5.74, 6) is -5.14. The summed E-state index contributed by atoms with van der Waals surface area (Å²) in [6, 6.07) is -0.0111. The summed E-state index contributed by atoms with van der Waals surface area (Å²) in [5, 5.41) is 13.5. The zero-order valence-corrected chi connectivity index (χ0v) is 27.2. The first-order valence-electron chi connectivity index (χ1n) is 16.1. The Bertz CT molecular complexity index is 1860. The van der Waals surface area contributed by atoms with Crippen molar-refractivity contribution >= 4 is 44.9 Å². The Hall–Kier alpha value is -4.55. The highest BCUT2D eigenvalue weighted by molar-refractivity contribution is 7.91. The molecule has 0 spiro atoms. The van der Waals surface area contributed by atoms with Gasteiger partial charge >= 0.3 is 12.3 Å². The van der Waals surface area contributed by atoms with E-state index < -0.39 is 105 Å². The van der Waals surface area contributed by atoms with Crippen LogP contribution >= 0.6 is 0 Å². The second kappa shape index (κ2) is 13.3. The first-order valence-corrected chi connectivity index (χ1v) is 17.7. The third kappa shape index (κ3) is 7.46. The summed E-state index contributed by atoms with van der Waals surface area (Å²) in [4.78, 5) is 61.4. The number of fused-ring (bicyclic) bond motifs is 3. The maximum atomic E-state index is 14.1. The Kier molecular flexibility index (Phi) is 9.38. The molecule has 4 aliphatic rings. The number of nitrogens with zero attached hydrogens (tertiary/aromatic N) is 3. The van der Waals surface area contributed by atoms with Gasteiger partial charge in [-0.1, -0.05) is 25.0 Å². The van der Waals surface area contributed by atoms with E-state index in [1.165, 1.54) is 0 Å². The van der Waals surface area contributed by atoms with Crippen molar-refractivity contribution in [1.29, 1.82) is 0 Å². The molecule has 2 aromatic rings. The highest BCUT2D eigenvalue weighted by atomic mass is 32.2. The van der Waals surface area contributed by atoms with Gasteiger partial charge < -0.3 is 25.4 Å². The van der Waals surface area contributed by atoms with Crippen LogP contribution in [0.3, 0.4) is 0 Å². The third-order valence-electron chi connectivity index (χ3n) is 9.28. The predicted octanol–water partition coefficient (Wildman–Crippen LogP) is 2.78. The van der Waals surface area contributed by atoms with Crippen molar-refractivity contribution in [2.24, 2.45) is 5.92 Å². The minimum Gasteiger partial charge on any atom is -0.471 e. The number of alkyl halides is 3. The van der Waals surface area contributed by atoms with Gasteiger partial charge in [0.1, 0.15) is 29.5 Å². The minimum absolute atomic E-state index is 0.0449. The van der Waals surface area contributed by atoms with Gasteiger partial charge in [-0.3, -0.25) is 19.1 Å². The van der Waals surface area contributed by atoms with Gasteiger partial charge in [-0.05, 0) is 50.7 Å². The SMILES string of the molecule is O=C(O)N[C@H]1CCCCC/C=C\[C@@H]2C[C@@]2(C(=O)NS(=O)(=O)C2CC2)NC(=O)[C@@H]2C[C@@H](Oc3nc4cc(F)ccc4nc3C(F)(F)F)CN2C1=O. The second-order valence-corrected chi connectivity index (χ2v) is 15.0. The third-order valence-corrected chi connectivity index (χ3v) is 11.1. The van der Waals surface area contributed by atoms with E-state index in [-0.39, 0.29) is 23.9 Å². The molecule has 50 heavy (non-hydrogen) atoms. The monoisotopic (exact) mass is 726 g/mol. The summed E-state index contributed by atoms with van der Waals surface area (Å²) in [5.41, 5.74) is -3.73. The lowest BCUT2D eigenvalue weighted by atomic mass is 10.1. The van der Waals surface area contributed by atoms with Crippen LogP contribution in [0.25, 0.3) is 11.0 Å². The molecule has 270 valence electrons. The van der Waals surface area contributed by atoms with Gasteiger partial charge in [0.15, 0.2) is 0 Å². The van der Waals surface area contributed by atoms with E-state index in [1.54, 1.807) is 12.2 Å². The molecule has 4 N–H and O–H groups in total. The standard InChI is InChI=1S/C31H34F4N6O8S/c32-17-8-11-20-22(12-17)37-26(24(36-20)31(33,34)35)49-18-13-23-25(42)39-30(28(44)40-50(47,48)19-9-10-19)14-16(30)6-4-2-1-3-5-7-21(38-29(45)46)27(43)41(23)15-18/h4,6,8,11-12,16,18-19,21,23,38H,1-3,5,7,9-10,13-15H2,(H,39,42)(H,40,44)(H,45,46)/b6-4-/t16-,18-,21+,23+,30-/m1/s1. The van der Waals surface area contributed by atoms with Crippen LogP contribution in [-0.2, 0) is 30.6 Å². The van der Waals surface area contributed by atoms with E-state index in [4.69, 9.17) is 4.74 Å². The fourth-order valence-electron chi connectivity index (χ4n) is 6.43. The minimum atomic E-state index is -5.06. The fraction of sp³-hybridized carbons (Fsp3) is 0.548. The molecule has 3 heterocycles. The molecule has 2 aliphatic heterocycles. The van der Waals surface area contributed by atoms with E-state index in [1.807, 2.05) is 0 Å². The Morgan fingerprint density at radius 1 is 1.08 bits per heavy atom. The summed E-state index contributed by atoms with van der Waals surface area (Å²) in [6.45, 7) is -0.493. The summed E-state index contributed by atoms with van der Waals surface area (Å²) >= 11 is 0. The Balaban J connectivity index is 1.33. The van der Waals surface area contributed by atoms with Gasteiger partial charge in [0.2, 0.25) is 33.4 Å². The van der Waals surface area contributed by atoms with Gasteiger partial charge in [0.05, 0.1) is 22.8 Å². The van der Waals surface area contributed by atoms with Crippen LogP contribution in [0.1, 0.15) is 63.5 Å². The zero-order valence-electron chi connectivity index (χ0n) is 26.4. The molecule has 2 saturated carbocycles. The summed E-state index contributed by atoms with van der Waals surface area (Å²) in [6.07, 6.45) is -1.71. The average molecular weight is 727 g/mol. The lowest BCUT2D eigenvalue weighted by molar-refractivity contribution is -0.143. The van der Waals surface area contributed by atoms with Crippen LogP contribution in [0.4, 0.5) is 22.4 Å². The number of nitrogens with one attached hydrogen (secondary N) is 3. The molecule has 0 unspecified atom stereocenters. The number of sulfonamides is 1. The van der Waals surface area contributed by atoms with E-state index >= 15 is 0 Å². The normalized spacial score (nSPS) is 28.4. The van der Waals surface area contributed by atoms with Crippen LogP contribution in [0.5, 0.6) is 5.88 Å². The summed E-state index contributed by atoms with van der Waals surface area (Å²) in [7, 11) is -4.01. The molecule has 0 bridgehead atoms. The van der Waals surface area contributed by atoms with E-state index in [0.717, 1.165) is 23.1 Å². The number of amides is 4. The molecule has 4 amide bonds. The molecule has 0 radical (unpaired) electrons. The van der Waals surface area contributed by atoms with E-state index in [2.05, 4.69) is 25.3 Å². The predicted molar refractivity (Wildman–Crippen MR) is 165 cm³/mol.